The van der Waals surface area contributed by atoms with E-state index in [0.717, 1.165) is 18.4 Å². The van der Waals surface area contributed by atoms with E-state index in [4.69, 9.17) is 21.9 Å². The topological polar surface area (TPSA) is 101 Å². The second kappa shape index (κ2) is 7.57. The van der Waals surface area contributed by atoms with Crippen molar-refractivity contribution < 1.29 is 14.1 Å². The smallest absolute Gasteiger partial charge is 0.317 e. The standard InChI is InChI=1S/C17H19ClN4O3/c18-13-5-3-11(4-6-13)15-8-14(25-21-15)9-20-17(24)22-7-1-2-12(10-22)16(19)23/h3-6,8,12H,1-2,7,9-10H2,(H2,19,23)(H,20,24). The highest BCUT2D eigenvalue weighted by atomic mass is 35.5. The Balaban J connectivity index is 1.56. The monoisotopic (exact) mass is 362 g/mol. The molecule has 7 nitrogen and oxygen atoms in total. The average Bonchev–Trinajstić information content (AvgIpc) is 3.09. The number of aromatic nitrogens is 1. The molecule has 0 radical (unpaired) electrons. The van der Waals surface area contributed by atoms with Crippen LogP contribution < -0.4 is 11.1 Å². The highest BCUT2D eigenvalue weighted by molar-refractivity contribution is 6.30. The van der Waals surface area contributed by atoms with Gasteiger partial charge in [-0.05, 0) is 25.0 Å². The van der Waals surface area contributed by atoms with Gasteiger partial charge in [0.25, 0.3) is 0 Å². The van der Waals surface area contributed by atoms with Crippen molar-refractivity contribution in [2.24, 2.45) is 11.7 Å². The molecule has 1 saturated heterocycles. The van der Waals surface area contributed by atoms with E-state index in [9.17, 15) is 9.59 Å². The largest absolute Gasteiger partial charge is 0.369 e. The Kier molecular flexibility index (Phi) is 5.23. The molecule has 1 aliphatic rings. The number of rotatable bonds is 4. The van der Waals surface area contributed by atoms with E-state index in [1.165, 1.54) is 0 Å². The quantitative estimate of drug-likeness (QED) is 0.871. The van der Waals surface area contributed by atoms with E-state index in [0.29, 0.717) is 29.6 Å². The van der Waals surface area contributed by atoms with Crippen molar-refractivity contribution in [3.63, 3.8) is 0 Å². The molecule has 1 aromatic heterocycles. The van der Waals surface area contributed by atoms with Crippen molar-refractivity contribution in [1.82, 2.24) is 15.4 Å². The number of nitrogens with zero attached hydrogens (tertiary/aromatic N) is 2. The first-order valence-electron chi connectivity index (χ1n) is 8.06. The first-order chi connectivity index (χ1) is 12.0. The second-order valence-corrected chi connectivity index (χ2v) is 6.47. The fourth-order valence-corrected chi connectivity index (χ4v) is 2.95. The van der Waals surface area contributed by atoms with Crippen molar-refractivity contribution in [1.29, 1.82) is 0 Å². The molecule has 0 saturated carbocycles. The predicted octanol–water partition coefficient (Wildman–Crippen LogP) is 2.40. The number of amides is 3. The minimum absolute atomic E-state index is 0.219. The third kappa shape index (κ3) is 4.30. The fraction of sp³-hybridized carbons (Fsp3) is 0.353. The zero-order valence-electron chi connectivity index (χ0n) is 13.6. The Bertz CT molecular complexity index is 760. The van der Waals surface area contributed by atoms with Gasteiger partial charge in [-0.2, -0.15) is 0 Å². The van der Waals surface area contributed by atoms with Gasteiger partial charge in [-0.1, -0.05) is 28.9 Å². The summed E-state index contributed by atoms with van der Waals surface area (Å²) in [6.45, 7) is 1.19. The van der Waals surface area contributed by atoms with E-state index >= 15 is 0 Å². The Labute approximate surface area is 150 Å². The van der Waals surface area contributed by atoms with Crippen LogP contribution in [-0.2, 0) is 11.3 Å². The maximum atomic E-state index is 12.2. The molecule has 0 spiro atoms. The van der Waals surface area contributed by atoms with Crippen molar-refractivity contribution in [3.05, 3.63) is 41.1 Å². The van der Waals surface area contributed by atoms with Crippen LogP contribution in [0.3, 0.4) is 0 Å². The van der Waals surface area contributed by atoms with E-state index < -0.39 is 0 Å². The zero-order valence-corrected chi connectivity index (χ0v) is 14.3. The summed E-state index contributed by atoms with van der Waals surface area (Å²) in [6, 6.07) is 8.78. The Morgan fingerprint density at radius 3 is 2.84 bits per heavy atom. The van der Waals surface area contributed by atoms with Gasteiger partial charge in [0.15, 0.2) is 5.76 Å². The first kappa shape index (κ1) is 17.3. The van der Waals surface area contributed by atoms with Crippen molar-refractivity contribution >= 4 is 23.5 Å². The predicted molar refractivity (Wildman–Crippen MR) is 92.7 cm³/mol. The van der Waals surface area contributed by atoms with Gasteiger partial charge >= 0.3 is 6.03 Å². The van der Waals surface area contributed by atoms with Gasteiger partial charge in [0.2, 0.25) is 5.91 Å². The Morgan fingerprint density at radius 1 is 1.36 bits per heavy atom. The van der Waals surface area contributed by atoms with Crippen LogP contribution in [0.2, 0.25) is 5.02 Å². The SMILES string of the molecule is NC(=O)C1CCCN(C(=O)NCc2cc(-c3ccc(Cl)cc3)no2)C1. The van der Waals surface area contributed by atoms with Crippen LogP contribution in [0, 0.1) is 5.92 Å². The molecule has 0 aliphatic carbocycles. The van der Waals surface area contributed by atoms with Crippen molar-refractivity contribution in [2.45, 2.75) is 19.4 Å². The van der Waals surface area contributed by atoms with E-state index in [1.54, 1.807) is 23.1 Å². The number of piperidine rings is 1. The van der Waals surface area contributed by atoms with Crippen LogP contribution in [0.25, 0.3) is 11.3 Å². The lowest BCUT2D eigenvalue weighted by Gasteiger charge is -2.31. The number of nitrogens with two attached hydrogens (primary N) is 1. The molecule has 2 heterocycles. The molecule has 1 aromatic carbocycles. The molecule has 1 atom stereocenters. The summed E-state index contributed by atoms with van der Waals surface area (Å²) in [7, 11) is 0. The second-order valence-electron chi connectivity index (χ2n) is 6.03. The van der Waals surface area contributed by atoms with E-state index in [-0.39, 0.29) is 24.4 Å². The van der Waals surface area contributed by atoms with E-state index in [1.807, 2.05) is 12.1 Å². The summed E-state index contributed by atoms with van der Waals surface area (Å²) >= 11 is 5.87. The summed E-state index contributed by atoms with van der Waals surface area (Å²) in [5.41, 5.74) is 6.89. The molecule has 1 aliphatic heterocycles. The van der Waals surface area contributed by atoms with Gasteiger partial charge in [-0.25, -0.2) is 4.79 Å². The summed E-state index contributed by atoms with van der Waals surface area (Å²) in [5, 5.41) is 7.43. The number of benzene rings is 1. The summed E-state index contributed by atoms with van der Waals surface area (Å²) in [5.74, 6) is -0.0941. The third-order valence-corrected chi connectivity index (χ3v) is 4.48. The molecule has 0 bridgehead atoms. The molecular weight excluding hydrogens is 344 g/mol. The van der Waals surface area contributed by atoms with Crippen LogP contribution in [0.15, 0.2) is 34.9 Å². The third-order valence-electron chi connectivity index (χ3n) is 4.22. The molecule has 2 aromatic rings. The number of carbonyl (C=O) groups excluding carboxylic acids is 2. The molecule has 1 fully saturated rings. The molecule has 3 rings (SSSR count). The lowest BCUT2D eigenvalue weighted by atomic mass is 9.98. The zero-order chi connectivity index (χ0) is 17.8. The number of nitrogens with one attached hydrogen (secondary N) is 1. The lowest BCUT2D eigenvalue weighted by molar-refractivity contribution is -0.123. The van der Waals surface area contributed by atoms with Gasteiger partial charge < -0.3 is 20.5 Å². The minimum Gasteiger partial charge on any atom is -0.369 e. The number of primary amides is 1. The number of hydrogen-bond acceptors (Lipinski definition) is 4. The highest BCUT2D eigenvalue weighted by Crippen LogP contribution is 2.21. The first-order valence-corrected chi connectivity index (χ1v) is 8.44. The molecular formula is C17H19ClN4O3. The summed E-state index contributed by atoms with van der Waals surface area (Å²) in [6.07, 6.45) is 1.50. The van der Waals surface area contributed by atoms with E-state index in [2.05, 4.69) is 10.5 Å². The number of carbonyl (C=O) groups is 2. The Morgan fingerprint density at radius 2 is 2.12 bits per heavy atom. The minimum atomic E-state index is -0.361. The fourth-order valence-electron chi connectivity index (χ4n) is 2.82. The Hall–Kier alpha value is -2.54. The van der Waals surface area contributed by atoms with Crippen molar-refractivity contribution in [2.75, 3.05) is 13.1 Å². The molecule has 25 heavy (non-hydrogen) atoms. The maximum absolute atomic E-state index is 12.2. The summed E-state index contributed by atoms with van der Waals surface area (Å²) < 4.78 is 5.26. The normalized spacial score (nSPS) is 17.3. The van der Waals surface area contributed by atoms with Crippen LogP contribution >= 0.6 is 11.6 Å². The van der Waals surface area contributed by atoms with Gasteiger partial charge in [-0.15, -0.1) is 0 Å². The van der Waals surface area contributed by atoms with Gasteiger partial charge in [0.1, 0.15) is 5.69 Å². The summed E-state index contributed by atoms with van der Waals surface area (Å²) in [4.78, 5) is 25.1. The van der Waals surface area contributed by atoms with Crippen LogP contribution in [0.5, 0.6) is 0 Å². The maximum Gasteiger partial charge on any atom is 0.317 e. The van der Waals surface area contributed by atoms with Crippen molar-refractivity contribution in [3.8, 4) is 11.3 Å². The number of urea groups is 1. The van der Waals surface area contributed by atoms with Crippen LogP contribution in [0.4, 0.5) is 4.79 Å². The van der Waals surface area contributed by atoms with Crippen LogP contribution in [0.1, 0.15) is 18.6 Å². The molecule has 3 amide bonds. The highest BCUT2D eigenvalue weighted by Gasteiger charge is 2.26. The van der Waals surface area contributed by atoms with Gasteiger partial charge in [0, 0.05) is 29.7 Å². The lowest BCUT2D eigenvalue weighted by Crippen LogP contribution is -2.47. The van der Waals surface area contributed by atoms with Crippen LogP contribution in [-0.4, -0.2) is 35.1 Å². The number of likely N-dealkylation sites (tertiary alicyclic amines) is 1. The number of hydrogen-bond donors (Lipinski definition) is 2. The number of halogens is 1. The molecule has 3 N–H and O–H groups in total. The molecule has 8 heteroatoms. The average molecular weight is 363 g/mol. The van der Waals surface area contributed by atoms with Gasteiger partial charge in [0.05, 0.1) is 12.5 Å². The molecule has 132 valence electrons. The van der Waals surface area contributed by atoms with Gasteiger partial charge in [-0.3, -0.25) is 4.79 Å². The molecule has 1 unspecified atom stereocenters.